The largest absolute Gasteiger partial charge is 0.502 e. The molecule has 8 heteroatoms. The van der Waals surface area contributed by atoms with Crippen LogP contribution in [0.15, 0.2) is 16.9 Å². The van der Waals surface area contributed by atoms with Gasteiger partial charge in [-0.3, -0.25) is 14.7 Å². The second kappa shape index (κ2) is 6.13. The van der Waals surface area contributed by atoms with Crippen LogP contribution in [-0.2, 0) is 19.5 Å². The average molecular weight is 337 g/mol. The molecular weight excluding hydrogens is 321 g/mol. The maximum Gasteiger partial charge on any atom is 0.255 e. The summed E-state index contributed by atoms with van der Waals surface area (Å²) in [4.78, 5) is 19.5. The van der Waals surface area contributed by atoms with Gasteiger partial charge in [0.05, 0.1) is 7.11 Å². The fourth-order valence-electron chi connectivity index (χ4n) is 2.80. The quantitative estimate of drug-likeness (QED) is 0.745. The standard InChI is InChI=1S/C15H16FN3O3S/c1-22-12-5-8(4-10(16)13(12)20)6-19-3-2-9-11(7-19)17-15(23)18-14(9)21/h4-5,20H,2-3,6-7H2,1H3,(H2,17,18,21,23). The second-order valence-corrected chi connectivity index (χ2v) is 5.86. The number of halogens is 1. The Morgan fingerprint density at radius 2 is 2.22 bits per heavy atom. The summed E-state index contributed by atoms with van der Waals surface area (Å²) in [5.41, 5.74) is 2.03. The molecule has 23 heavy (non-hydrogen) atoms. The zero-order valence-corrected chi connectivity index (χ0v) is 13.3. The van der Waals surface area contributed by atoms with Crippen molar-refractivity contribution in [3.63, 3.8) is 0 Å². The Morgan fingerprint density at radius 1 is 1.43 bits per heavy atom. The maximum atomic E-state index is 13.7. The molecule has 0 bridgehead atoms. The molecule has 0 aliphatic carbocycles. The third kappa shape index (κ3) is 3.13. The van der Waals surface area contributed by atoms with Crippen LogP contribution >= 0.6 is 12.2 Å². The van der Waals surface area contributed by atoms with Gasteiger partial charge in [-0.05, 0) is 36.3 Å². The fourth-order valence-corrected chi connectivity index (χ4v) is 3.01. The number of phenols is 1. The number of nitrogens with one attached hydrogen (secondary N) is 2. The Morgan fingerprint density at radius 3 is 2.96 bits per heavy atom. The summed E-state index contributed by atoms with van der Waals surface area (Å²) in [7, 11) is 1.38. The first-order chi connectivity index (χ1) is 11.0. The predicted molar refractivity (Wildman–Crippen MR) is 84.7 cm³/mol. The molecule has 1 aliphatic heterocycles. The lowest BCUT2D eigenvalue weighted by molar-refractivity contribution is 0.239. The molecule has 3 rings (SSSR count). The molecule has 0 spiro atoms. The molecule has 1 aromatic heterocycles. The lowest BCUT2D eigenvalue weighted by Crippen LogP contribution is -2.34. The molecule has 1 aromatic carbocycles. The molecule has 122 valence electrons. The average Bonchev–Trinajstić information content (AvgIpc) is 2.50. The molecule has 0 atom stereocenters. The van der Waals surface area contributed by atoms with Gasteiger partial charge in [0, 0.05) is 30.9 Å². The third-order valence-corrected chi connectivity index (χ3v) is 4.11. The fraction of sp³-hybridized carbons (Fsp3) is 0.333. The van der Waals surface area contributed by atoms with Crippen molar-refractivity contribution in [1.82, 2.24) is 14.9 Å². The Balaban J connectivity index is 1.84. The highest BCUT2D eigenvalue weighted by molar-refractivity contribution is 7.71. The number of H-pyrrole nitrogens is 2. The molecule has 6 nitrogen and oxygen atoms in total. The van der Waals surface area contributed by atoms with E-state index in [1.54, 1.807) is 6.07 Å². The topological polar surface area (TPSA) is 81.3 Å². The number of nitrogens with zero attached hydrogens (tertiary/aromatic N) is 1. The first-order valence-corrected chi connectivity index (χ1v) is 7.51. The third-order valence-electron chi connectivity index (χ3n) is 3.90. The number of ether oxygens (including phenoxy) is 1. The number of rotatable bonds is 3. The van der Waals surface area contributed by atoms with E-state index in [2.05, 4.69) is 14.9 Å². The zero-order valence-electron chi connectivity index (χ0n) is 12.5. The SMILES string of the molecule is COc1cc(CN2CCc3c([nH]c(=S)[nH]c3=O)C2)cc(F)c1O. The molecule has 1 aliphatic rings. The molecule has 0 saturated heterocycles. The summed E-state index contributed by atoms with van der Waals surface area (Å²) < 4.78 is 19.0. The molecular formula is C15H16FN3O3S. The first kappa shape index (κ1) is 15.7. The van der Waals surface area contributed by atoms with Crippen molar-refractivity contribution < 1.29 is 14.2 Å². The molecule has 3 N–H and O–H groups in total. The molecule has 0 saturated carbocycles. The minimum Gasteiger partial charge on any atom is -0.502 e. The van der Waals surface area contributed by atoms with E-state index in [0.29, 0.717) is 42.0 Å². The van der Waals surface area contributed by atoms with Gasteiger partial charge in [-0.15, -0.1) is 0 Å². The molecule has 2 aromatic rings. The Hall–Kier alpha value is -2.19. The first-order valence-electron chi connectivity index (χ1n) is 7.10. The number of benzene rings is 1. The summed E-state index contributed by atoms with van der Waals surface area (Å²) in [5, 5.41) is 9.55. The molecule has 0 unspecified atom stereocenters. The van der Waals surface area contributed by atoms with Gasteiger partial charge in [0.25, 0.3) is 5.56 Å². The van der Waals surface area contributed by atoms with E-state index < -0.39 is 11.6 Å². The number of hydrogen-bond donors (Lipinski definition) is 3. The van der Waals surface area contributed by atoms with E-state index in [0.717, 1.165) is 5.69 Å². The van der Waals surface area contributed by atoms with Gasteiger partial charge in [-0.2, -0.15) is 0 Å². The number of methoxy groups -OCH3 is 1. The van der Waals surface area contributed by atoms with Crippen molar-refractivity contribution in [3.05, 3.63) is 49.9 Å². The lowest BCUT2D eigenvalue weighted by Gasteiger charge is -2.28. The van der Waals surface area contributed by atoms with Crippen molar-refractivity contribution in [2.24, 2.45) is 0 Å². The van der Waals surface area contributed by atoms with Crippen molar-refractivity contribution in [2.45, 2.75) is 19.5 Å². The van der Waals surface area contributed by atoms with Crippen molar-refractivity contribution >= 4 is 12.2 Å². The van der Waals surface area contributed by atoms with E-state index in [4.69, 9.17) is 17.0 Å². The van der Waals surface area contributed by atoms with E-state index in [1.807, 2.05) is 0 Å². The van der Waals surface area contributed by atoms with Crippen LogP contribution in [0.2, 0.25) is 0 Å². The normalized spacial score (nSPS) is 14.5. The van der Waals surface area contributed by atoms with Crippen LogP contribution in [-0.4, -0.2) is 33.6 Å². The zero-order chi connectivity index (χ0) is 16.6. The van der Waals surface area contributed by atoms with Gasteiger partial charge >= 0.3 is 0 Å². The number of fused-ring (bicyclic) bond motifs is 1. The molecule has 2 heterocycles. The highest BCUT2D eigenvalue weighted by atomic mass is 32.1. The smallest absolute Gasteiger partial charge is 0.255 e. The van der Waals surface area contributed by atoms with Crippen LogP contribution in [0.25, 0.3) is 0 Å². The van der Waals surface area contributed by atoms with Crippen molar-refractivity contribution in [3.8, 4) is 11.5 Å². The highest BCUT2D eigenvalue weighted by Crippen LogP contribution is 2.31. The van der Waals surface area contributed by atoms with Crippen LogP contribution in [0.4, 0.5) is 4.39 Å². The van der Waals surface area contributed by atoms with Crippen molar-refractivity contribution in [1.29, 1.82) is 0 Å². The summed E-state index contributed by atoms with van der Waals surface area (Å²) in [6, 6.07) is 2.89. The van der Waals surface area contributed by atoms with Crippen LogP contribution in [0.1, 0.15) is 16.8 Å². The minimum atomic E-state index is -0.715. The van der Waals surface area contributed by atoms with Crippen LogP contribution < -0.4 is 10.3 Å². The predicted octanol–water partition coefficient (Wildman–Crippen LogP) is 1.84. The summed E-state index contributed by atoms with van der Waals surface area (Å²) in [6.45, 7) is 1.67. The van der Waals surface area contributed by atoms with E-state index in [-0.39, 0.29) is 11.3 Å². The van der Waals surface area contributed by atoms with Crippen LogP contribution in [0, 0.1) is 10.6 Å². The van der Waals surface area contributed by atoms with Gasteiger partial charge in [-0.25, -0.2) is 4.39 Å². The van der Waals surface area contributed by atoms with Gasteiger partial charge in [0.15, 0.2) is 22.1 Å². The van der Waals surface area contributed by atoms with Gasteiger partial charge in [0.1, 0.15) is 0 Å². The van der Waals surface area contributed by atoms with E-state index >= 15 is 0 Å². The van der Waals surface area contributed by atoms with Crippen LogP contribution in [0.3, 0.4) is 0 Å². The Kier molecular flexibility index (Phi) is 4.18. The molecule has 0 fully saturated rings. The summed E-state index contributed by atoms with van der Waals surface area (Å²) in [6.07, 6.45) is 0.592. The highest BCUT2D eigenvalue weighted by Gasteiger charge is 2.20. The van der Waals surface area contributed by atoms with E-state index in [9.17, 15) is 14.3 Å². The number of phenolic OH excluding ortho intramolecular Hbond substituents is 1. The van der Waals surface area contributed by atoms with E-state index in [1.165, 1.54) is 13.2 Å². The van der Waals surface area contributed by atoms with Gasteiger partial charge in [-0.1, -0.05) is 0 Å². The van der Waals surface area contributed by atoms with Gasteiger partial charge in [0.2, 0.25) is 0 Å². The Labute approximate surface area is 136 Å². The molecule has 0 amide bonds. The maximum absolute atomic E-state index is 13.7. The summed E-state index contributed by atoms with van der Waals surface area (Å²) >= 11 is 4.99. The minimum absolute atomic E-state index is 0.105. The van der Waals surface area contributed by atoms with Crippen LogP contribution in [0.5, 0.6) is 11.5 Å². The van der Waals surface area contributed by atoms with Gasteiger partial charge < -0.3 is 14.8 Å². The number of aromatic amines is 2. The number of hydrogen-bond acceptors (Lipinski definition) is 5. The second-order valence-electron chi connectivity index (χ2n) is 5.45. The number of aromatic nitrogens is 2. The van der Waals surface area contributed by atoms with Crippen molar-refractivity contribution in [2.75, 3.05) is 13.7 Å². The molecule has 0 radical (unpaired) electrons. The monoisotopic (exact) mass is 337 g/mol. The number of aromatic hydroxyl groups is 1. The lowest BCUT2D eigenvalue weighted by atomic mass is 10.1. The Bertz CT molecular complexity index is 862. The summed E-state index contributed by atoms with van der Waals surface area (Å²) in [5.74, 6) is -1.10.